The molecule has 1 atom stereocenters. The number of piperidine rings is 1. The third-order valence-electron chi connectivity index (χ3n) is 2.68. The van der Waals surface area contributed by atoms with Gasteiger partial charge in [-0.15, -0.1) is 11.3 Å². The Kier molecular flexibility index (Phi) is 3.98. The van der Waals surface area contributed by atoms with Gasteiger partial charge in [0.1, 0.15) is 0 Å². The quantitative estimate of drug-likeness (QED) is 0.789. The van der Waals surface area contributed by atoms with E-state index in [1.165, 1.54) is 30.7 Å². The molecule has 1 aliphatic heterocycles. The lowest BCUT2D eigenvalue weighted by Crippen LogP contribution is -2.43. The molecule has 0 radical (unpaired) electrons. The van der Waals surface area contributed by atoms with E-state index in [0.717, 1.165) is 13.1 Å². The number of hydrogen-bond donors (Lipinski definition) is 2. The molecule has 1 saturated heterocycles. The van der Waals surface area contributed by atoms with Gasteiger partial charge in [0.25, 0.3) is 0 Å². The minimum absolute atomic E-state index is 0.698. The van der Waals surface area contributed by atoms with E-state index in [1.54, 1.807) is 0 Å². The largest absolute Gasteiger partial charge is 0.315 e. The molecule has 3 heteroatoms. The number of rotatable bonds is 4. The van der Waals surface area contributed by atoms with Crippen LogP contribution in [0.3, 0.4) is 0 Å². The summed E-state index contributed by atoms with van der Waals surface area (Å²) in [6.07, 6.45) is 3.82. The normalized spacial score (nSPS) is 22.4. The molecule has 0 bridgehead atoms. The molecule has 2 heterocycles. The first-order valence-electron chi connectivity index (χ1n) is 5.41. The van der Waals surface area contributed by atoms with E-state index in [9.17, 15) is 0 Å². The van der Waals surface area contributed by atoms with Crippen molar-refractivity contribution in [2.75, 3.05) is 19.6 Å². The molecule has 2 rings (SSSR count). The molecule has 1 aromatic heterocycles. The van der Waals surface area contributed by atoms with Crippen molar-refractivity contribution in [2.45, 2.75) is 25.3 Å². The topological polar surface area (TPSA) is 24.1 Å². The zero-order valence-corrected chi connectivity index (χ0v) is 9.28. The maximum Gasteiger partial charge on any atom is 0.0193 e. The summed E-state index contributed by atoms with van der Waals surface area (Å²) in [6.45, 7) is 3.46. The van der Waals surface area contributed by atoms with Gasteiger partial charge < -0.3 is 10.6 Å². The summed E-state index contributed by atoms with van der Waals surface area (Å²) in [5, 5.41) is 9.17. The molecule has 0 saturated carbocycles. The lowest BCUT2D eigenvalue weighted by molar-refractivity contribution is 0.392. The Hall–Kier alpha value is -0.380. The summed E-state index contributed by atoms with van der Waals surface area (Å²) < 4.78 is 0. The van der Waals surface area contributed by atoms with Crippen LogP contribution in [0.25, 0.3) is 0 Å². The highest BCUT2D eigenvalue weighted by atomic mass is 32.1. The fourth-order valence-electron chi connectivity index (χ4n) is 1.88. The molecular weight excluding hydrogens is 192 g/mol. The molecule has 0 amide bonds. The maximum atomic E-state index is 3.60. The van der Waals surface area contributed by atoms with Crippen LogP contribution in [0, 0.1) is 0 Å². The highest BCUT2D eigenvalue weighted by molar-refractivity contribution is 7.09. The summed E-state index contributed by atoms with van der Waals surface area (Å²) >= 11 is 1.85. The Labute approximate surface area is 89.7 Å². The van der Waals surface area contributed by atoms with Gasteiger partial charge in [-0.25, -0.2) is 0 Å². The lowest BCUT2D eigenvalue weighted by Gasteiger charge is -2.23. The first-order valence-corrected chi connectivity index (χ1v) is 6.29. The third-order valence-corrected chi connectivity index (χ3v) is 3.62. The van der Waals surface area contributed by atoms with Crippen molar-refractivity contribution in [3.05, 3.63) is 22.4 Å². The van der Waals surface area contributed by atoms with Crippen molar-refractivity contribution in [3.8, 4) is 0 Å². The van der Waals surface area contributed by atoms with Gasteiger partial charge in [0.2, 0.25) is 0 Å². The Morgan fingerprint density at radius 3 is 3.29 bits per heavy atom. The van der Waals surface area contributed by atoms with Gasteiger partial charge in [-0.1, -0.05) is 6.07 Å². The van der Waals surface area contributed by atoms with Gasteiger partial charge in [0.15, 0.2) is 0 Å². The summed E-state index contributed by atoms with van der Waals surface area (Å²) in [5.41, 5.74) is 0. The zero-order chi connectivity index (χ0) is 9.64. The highest BCUT2D eigenvalue weighted by Gasteiger charge is 2.11. The van der Waals surface area contributed by atoms with E-state index in [0.29, 0.717) is 6.04 Å². The third kappa shape index (κ3) is 3.08. The average Bonchev–Trinajstić information content (AvgIpc) is 2.72. The smallest absolute Gasteiger partial charge is 0.0193 e. The number of nitrogens with one attached hydrogen (secondary N) is 2. The second-order valence-corrected chi connectivity index (χ2v) is 4.86. The van der Waals surface area contributed by atoms with Crippen molar-refractivity contribution in [2.24, 2.45) is 0 Å². The molecule has 2 nitrogen and oxygen atoms in total. The van der Waals surface area contributed by atoms with Crippen molar-refractivity contribution in [1.29, 1.82) is 0 Å². The van der Waals surface area contributed by atoms with E-state index in [1.807, 2.05) is 11.3 Å². The second-order valence-electron chi connectivity index (χ2n) is 3.83. The Bertz CT molecular complexity index is 240. The Morgan fingerprint density at radius 1 is 1.57 bits per heavy atom. The predicted octanol–water partition coefficient (Wildman–Crippen LogP) is 1.63. The van der Waals surface area contributed by atoms with Gasteiger partial charge in [-0.2, -0.15) is 0 Å². The molecule has 1 aromatic rings. The molecule has 14 heavy (non-hydrogen) atoms. The maximum absolute atomic E-state index is 3.60. The SMILES string of the molecule is c1csc(CCNC2CCCNC2)c1. The highest BCUT2D eigenvalue weighted by Crippen LogP contribution is 2.08. The fraction of sp³-hybridized carbons (Fsp3) is 0.636. The molecule has 0 aromatic carbocycles. The van der Waals surface area contributed by atoms with Crippen molar-refractivity contribution in [3.63, 3.8) is 0 Å². The first-order chi connectivity index (χ1) is 6.95. The minimum atomic E-state index is 0.698. The summed E-state index contributed by atoms with van der Waals surface area (Å²) in [6, 6.07) is 5.04. The van der Waals surface area contributed by atoms with Crippen LogP contribution in [0.2, 0.25) is 0 Å². The van der Waals surface area contributed by atoms with Crippen LogP contribution in [0.1, 0.15) is 17.7 Å². The predicted molar refractivity (Wildman–Crippen MR) is 61.9 cm³/mol. The van der Waals surface area contributed by atoms with Crippen LogP contribution in [0.15, 0.2) is 17.5 Å². The molecule has 0 aliphatic carbocycles. The lowest BCUT2D eigenvalue weighted by atomic mass is 10.1. The van der Waals surface area contributed by atoms with E-state index in [-0.39, 0.29) is 0 Å². The second kappa shape index (κ2) is 5.49. The average molecular weight is 210 g/mol. The summed E-state index contributed by atoms with van der Waals surface area (Å²) in [5.74, 6) is 0. The minimum Gasteiger partial charge on any atom is -0.315 e. The van der Waals surface area contributed by atoms with Crippen LogP contribution < -0.4 is 10.6 Å². The summed E-state index contributed by atoms with van der Waals surface area (Å²) in [4.78, 5) is 1.49. The van der Waals surface area contributed by atoms with Crippen LogP contribution in [-0.4, -0.2) is 25.7 Å². The van der Waals surface area contributed by atoms with Crippen LogP contribution >= 0.6 is 11.3 Å². The molecular formula is C11H18N2S. The first kappa shape index (κ1) is 10.1. The van der Waals surface area contributed by atoms with Crippen LogP contribution in [0.4, 0.5) is 0 Å². The molecule has 1 fully saturated rings. The standard InChI is InChI=1S/C11H18N2S/c1-3-10(9-12-6-1)13-7-5-11-4-2-8-14-11/h2,4,8,10,12-13H,1,3,5-7,9H2. The van der Waals surface area contributed by atoms with E-state index in [4.69, 9.17) is 0 Å². The number of hydrogen-bond acceptors (Lipinski definition) is 3. The van der Waals surface area contributed by atoms with Crippen molar-refractivity contribution < 1.29 is 0 Å². The van der Waals surface area contributed by atoms with Gasteiger partial charge in [-0.3, -0.25) is 0 Å². The van der Waals surface area contributed by atoms with E-state index in [2.05, 4.69) is 28.1 Å². The molecule has 1 unspecified atom stereocenters. The number of thiophene rings is 1. The van der Waals surface area contributed by atoms with E-state index >= 15 is 0 Å². The van der Waals surface area contributed by atoms with Gasteiger partial charge in [-0.05, 0) is 37.3 Å². The fourth-order valence-corrected chi connectivity index (χ4v) is 2.59. The Balaban J connectivity index is 1.62. The molecule has 0 spiro atoms. The van der Waals surface area contributed by atoms with Crippen LogP contribution in [-0.2, 0) is 6.42 Å². The monoisotopic (exact) mass is 210 g/mol. The molecule has 78 valence electrons. The van der Waals surface area contributed by atoms with Gasteiger partial charge in [0, 0.05) is 24.0 Å². The van der Waals surface area contributed by atoms with Crippen molar-refractivity contribution in [1.82, 2.24) is 10.6 Å². The summed E-state index contributed by atoms with van der Waals surface area (Å²) in [7, 11) is 0. The van der Waals surface area contributed by atoms with Gasteiger partial charge >= 0.3 is 0 Å². The molecule has 1 aliphatic rings. The zero-order valence-electron chi connectivity index (χ0n) is 8.46. The Morgan fingerprint density at radius 2 is 2.57 bits per heavy atom. The van der Waals surface area contributed by atoms with Crippen LogP contribution in [0.5, 0.6) is 0 Å². The van der Waals surface area contributed by atoms with Crippen molar-refractivity contribution >= 4 is 11.3 Å². The van der Waals surface area contributed by atoms with E-state index < -0.39 is 0 Å². The molecule has 2 N–H and O–H groups in total. The van der Waals surface area contributed by atoms with Gasteiger partial charge in [0.05, 0.1) is 0 Å².